The van der Waals surface area contributed by atoms with E-state index >= 15 is 0 Å². The molecule has 0 bridgehead atoms. The summed E-state index contributed by atoms with van der Waals surface area (Å²) in [5.74, 6) is -3.36. The van der Waals surface area contributed by atoms with Crippen molar-refractivity contribution in [1.29, 1.82) is 0 Å². The first-order chi connectivity index (χ1) is 9.73. The topological polar surface area (TPSA) is 110 Å². The molecule has 118 valence electrons. The molecule has 1 aromatic rings. The summed E-state index contributed by atoms with van der Waals surface area (Å²) in [6.45, 7) is 2.50. The Morgan fingerprint density at radius 3 is 2.29 bits per heavy atom. The largest absolute Gasteiger partial charge is 0.508 e. The van der Waals surface area contributed by atoms with Crippen LogP contribution in [0.2, 0.25) is 5.02 Å². The van der Waals surface area contributed by atoms with Crippen LogP contribution in [0, 0.1) is 0 Å². The Bertz CT molecular complexity index is 468. The molecule has 4 N–H and O–H groups in total. The summed E-state index contributed by atoms with van der Waals surface area (Å²) in [4.78, 5) is 20.3. The van der Waals surface area contributed by atoms with E-state index in [0.29, 0.717) is 11.6 Å². The Hall–Kier alpha value is -1.83. The highest BCUT2D eigenvalue weighted by molar-refractivity contribution is 6.30. The van der Waals surface area contributed by atoms with Gasteiger partial charge in [-0.3, -0.25) is 0 Å². The molecule has 0 heterocycles. The van der Waals surface area contributed by atoms with Crippen molar-refractivity contribution in [3.05, 3.63) is 28.8 Å². The molecular weight excluding hydrogens is 300 g/mol. The van der Waals surface area contributed by atoms with E-state index in [2.05, 4.69) is 10.2 Å². The first kappa shape index (κ1) is 19.2. The summed E-state index contributed by atoms with van der Waals surface area (Å²) in [5.41, 5.74) is 0.834. The average molecular weight is 319 g/mol. The van der Waals surface area contributed by atoms with Gasteiger partial charge in [-0.1, -0.05) is 11.6 Å². The lowest BCUT2D eigenvalue weighted by molar-refractivity contribution is -0.159. The van der Waals surface area contributed by atoms with Crippen LogP contribution in [0.1, 0.15) is 5.56 Å². The number of nitrogens with zero attached hydrogens (tertiary/aromatic N) is 1. The summed E-state index contributed by atoms with van der Waals surface area (Å²) >= 11 is 5.83. The number of rotatable bonds is 5. The maximum Gasteiger partial charge on any atom is 0.414 e. The molecule has 0 amide bonds. The molecule has 0 spiro atoms. The quantitative estimate of drug-likeness (QED) is 0.470. The van der Waals surface area contributed by atoms with Crippen molar-refractivity contribution in [1.82, 2.24) is 10.2 Å². The van der Waals surface area contributed by atoms with Crippen LogP contribution in [0.3, 0.4) is 0 Å². The first-order valence-electron chi connectivity index (χ1n) is 6.03. The number of likely N-dealkylation sites (N-methyl/N-ethyl adjacent to an activating group) is 1. The van der Waals surface area contributed by atoms with Crippen LogP contribution in [-0.4, -0.2) is 59.3 Å². The highest BCUT2D eigenvalue weighted by Crippen LogP contribution is 2.20. The number of benzene rings is 1. The zero-order valence-corrected chi connectivity index (χ0v) is 12.6. The first-order valence-corrected chi connectivity index (χ1v) is 6.41. The Morgan fingerprint density at radius 2 is 1.81 bits per heavy atom. The molecule has 1 rings (SSSR count). The molecule has 21 heavy (non-hydrogen) atoms. The van der Waals surface area contributed by atoms with Gasteiger partial charge in [0.2, 0.25) is 0 Å². The second-order valence-electron chi connectivity index (χ2n) is 4.36. The average Bonchev–Trinajstić information content (AvgIpc) is 2.39. The molecule has 0 atom stereocenters. The lowest BCUT2D eigenvalue weighted by Gasteiger charge is -2.11. The summed E-state index contributed by atoms with van der Waals surface area (Å²) in [7, 11) is 4.05. The molecule has 0 unspecified atom stereocenters. The lowest BCUT2D eigenvalue weighted by Crippen LogP contribution is -2.26. The number of carbonyl (C=O) groups is 2. The van der Waals surface area contributed by atoms with E-state index in [4.69, 9.17) is 31.4 Å². The van der Waals surface area contributed by atoms with E-state index in [1.165, 1.54) is 0 Å². The molecule has 0 aliphatic heterocycles. The van der Waals surface area contributed by atoms with Crippen LogP contribution in [0.25, 0.3) is 0 Å². The standard InChI is InChI=1S/C11H17ClN2O.C2H2O4/c1-14(2)6-5-13-8-9-7-10(12)3-4-11(9)15;3-1(4)2(5)6/h3-4,7,13,15H,5-6,8H2,1-2H3;(H,3,4)(H,5,6). The summed E-state index contributed by atoms with van der Waals surface area (Å²) in [6, 6.07) is 5.07. The SMILES string of the molecule is CN(C)CCNCc1cc(Cl)ccc1O.O=C(O)C(=O)O. The third-order valence-electron chi connectivity index (χ3n) is 2.28. The fourth-order valence-electron chi connectivity index (χ4n) is 1.22. The van der Waals surface area contributed by atoms with Crippen molar-refractivity contribution in [2.24, 2.45) is 0 Å². The molecule has 8 heteroatoms. The van der Waals surface area contributed by atoms with Gasteiger partial charge >= 0.3 is 11.9 Å². The van der Waals surface area contributed by atoms with E-state index in [1.54, 1.807) is 18.2 Å². The number of carboxylic acids is 2. The van der Waals surface area contributed by atoms with E-state index in [1.807, 2.05) is 14.1 Å². The van der Waals surface area contributed by atoms with Gasteiger partial charge in [-0.15, -0.1) is 0 Å². The Balaban J connectivity index is 0.000000567. The van der Waals surface area contributed by atoms with Gasteiger partial charge in [0, 0.05) is 30.2 Å². The maximum atomic E-state index is 9.53. The maximum absolute atomic E-state index is 9.53. The summed E-state index contributed by atoms with van der Waals surface area (Å²) < 4.78 is 0. The molecule has 0 saturated carbocycles. The van der Waals surface area contributed by atoms with Gasteiger partial charge in [-0.25, -0.2) is 9.59 Å². The predicted molar refractivity (Wildman–Crippen MR) is 78.6 cm³/mol. The molecule has 0 aliphatic rings. The van der Waals surface area contributed by atoms with E-state index < -0.39 is 11.9 Å². The van der Waals surface area contributed by atoms with E-state index in [0.717, 1.165) is 18.7 Å². The van der Waals surface area contributed by atoms with Crippen LogP contribution < -0.4 is 5.32 Å². The summed E-state index contributed by atoms with van der Waals surface area (Å²) in [5, 5.41) is 28.2. The Labute approximate surface area is 127 Å². The number of aliphatic carboxylic acids is 2. The Morgan fingerprint density at radius 1 is 1.24 bits per heavy atom. The van der Waals surface area contributed by atoms with Gasteiger partial charge in [0.25, 0.3) is 0 Å². The number of hydrogen-bond donors (Lipinski definition) is 4. The summed E-state index contributed by atoms with van der Waals surface area (Å²) in [6.07, 6.45) is 0. The normalized spacial score (nSPS) is 9.90. The minimum Gasteiger partial charge on any atom is -0.508 e. The lowest BCUT2D eigenvalue weighted by atomic mass is 10.2. The monoisotopic (exact) mass is 318 g/mol. The minimum absolute atomic E-state index is 0.289. The van der Waals surface area contributed by atoms with Gasteiger partial charge in [-0.05, 0) is 32.3 Å². The van der Waals surface area contributed by atoms with Crippen LogP contribution in [0.5, 0.6) is 5.75 Å². The van der Waals surface area contributed by atoms with Gasteiger partial charge < -0.3 is 25.5 Å². The predicted octanol–water partition coefficient (Wildman–Crippen LogP) is 0.852. The van der Waals surface area contributed by atoms with Crippen molar-refractivity contribution in [3.63, 3.8) is 0 Å². The van der Waals surface area contributed by atoms with Crippen molar-refractivity contribution in [2.75, 3.05) is 27.2 Å². The number of halogens is 1. The van der Waals surface area contributed by atoms with E-state index in [-0.39, 0.29) is 5.75 Å². The number of phenols is 1. The van der Waals surface area contributed by atoms with Crippen LogP contribution >= 0.6 is 11.6 Å². The highest BCUT2D eigenvalue weighted by Gasteiger charge is 2.04. The van der Waals surface area contributed by atoms with Gasteiger partial charge in [0.05, 0.1) is 0 Å². The molecular formula is C13H19ClN2O5. The number of nitrogens with one attached hydrogen (secondary N) is 1. The zero-order valence-electron chi connectivity index (χ0n) is 11.8. The van der Waals surface area contributed by atoms with Crippen LogP contribution in [0.4, 0.5) is 0 Å². The van der Waals surface area contributed by atoms with Crippen molar-refractivity contribution < 1.29 is 24.9 Å². The van der Waals surface area contributed by atoms with Crippen LogP contribution in [0.15, 0.2) is 18.2 Å². The molecule has 0 aromatic heterocycles. The smallest absolute Gasteiger partial charge is 0.414 e. The molecule has 0 radical (unpaired) electrons. The third-order valence-corrected chi connectivity index (χ3v) is 2.51. The van der Waals surface area contributed by atoms with Gasteiger partial charge in [0.15, 0.2) is 0 Å². The zero-order chi connectivity index (χ0) is 16.4. The number of carboxylic acid groups (broad SMARTS) is 2. The molecule has 0 aliphatic carbocycles. The van der Waals surface area contributed by atoms with Crippen molar-refractivity contribution in [2.45, 2.75) is 6.54 Å². The molecule has 1 aromatic carbocycles. The van der Waals surface area contributed by atoms with Crippen molar-refractivity contribution >= 4 is 23.5 Å². The van der Waals surface area contributed by atoms with Gasteiger partial charge in [0.1, 0.15) is 5.75 Å². The Kier molecular flexibility index (Phi) is 9.11. The second-order valence-corrected chi connectivity index (χ2v) is 4.80. The molecule has 0 saturated heterocycles. The number of aromatic hydroxyl groups is 1. The van der Waals surface area contributed by atoms with E-state index in [9.17, 15) is 5.11 Å². The third kappa shape index (κ3) is 9.67. The highest BCUT2D eigenvalue weighted by atomic mass is 35.5. The van der Waals surface area contributed by atoms with Gasteiger partial charge in [-0.2, -0.15) is 0 Å². The fourth-order valence-corrected chi connectivity index (χ4v) is 1.42. The number of hydrogen-bond acceptors (Lipinski definition) is 5. The number of phenolic OH excluding ortho intramolecular Hbond substituents is 1. The van der Waals surface area contributed by atoms with Crippen molar-refractivity contribution in [3.8, 4) is 5.75 Å². The molecule has 7 nitrogen and oxygen atoms in total. The molecule has 0 fully saturated rings. The minimum atomic E-state index is -1.82. The fraction of sp³-hybridized carbons (Fsp3) is 0.385. The second kappa shape index (κ2) is 9.98. The van der Waals surface area contributed by atoms with Crippen LogP contribution in [-0.2, 0) is 16.1 Å².